The highest BCUT2D eigenvalue weighted by Crippen LogP contribution is 2.43. The molecule has 2 amide bonds. The minimum absolute atomic E-state index is 0.0310. The van der Waals surface area contributed by atoms with Gasteiger partial charge in [-0.1, -0.05) is 19.9 Å². The Bertz CT molecular complexity index is 588. The van der Waals surface area contributed by atoms with Crippen LogP contribution in [0, 0.1) is 23.7 Å². The first-order valence-corrected chi connectivity index (χ1v) is 8.91. The molecule has 0 N–H and O–H groups in total. The highest BCUT2D eigenvalue weighted by atomic mass is 16.2. The van der Waals surface area contributed by atoms with E-state index < -0.39 is 0 Å². The van der Waals surface area contributed by atoms with Gasteiger partial charge in [-0.2, -0.15) is 0 Å². The number of piperidine rings is 1. The molecule has 1 aromatic rings. The van der Waals surface area contributed by atoms with Gasteiger partial charge < -0.3 is 9.80 Å². The Morgan fingerprint density at radius 1 is 1.25 bits per heavy atom. The summed E-state index contributed by atoms with van der Waals surface area (Å²) in [5.41, 5.74) is 0.910. The van der Waals surface area contributed by atoms with E-state index >= 15 is 0 Å². The zero-order valence-electron chi connectivity index (χ0n) is 14.8. The first kappa shape index (κ1) is 16.9. The lowest BCUT2D eigenvalue weighted by atomic mass is 9.83. The number of carbonyl (C=O) groups is 2. The van der Waals surface area contributed by atoms with Crippen LogP contribution >= 0.6 is 0 Å². The summed E-state index contributed by atoms with van der Waals surface area (Å²) < 4.78 is 0. The molecule has 5 nitrogen and oxygen atoms in total. The van der Waals surface area contributed by atoms with Gasteiger partial charge in [-0.15, -0.1) is 0 Å². The van der Waals surface area contributed by atoms with E-state index in [0.29, 0.717) is 18.4 Å². The fourth-order valence-electron chi connectivity index (χ4n) is 4.24. The van der Waals surface area contributed by atoms with Crippen LogP contribution in [0.5, 0.6) is 0 Å². The number of carbonyl (C=O) groups excluding carboxylic acids is 2. The minimum atomic E-state index is 0.0310. The number of fused-ring (bicyclic) bond motifs is 2. The Morgan fingerprint density at radius 3 is 2.46 bits per heavy atom. The molecule has 2 fully saturated rings. The second-order valence-electron chi connectivity index (χ2n) is 7.54. The van der Waals surface area contributed by atoms with Gasteiger partial charge in [-0.25, -0.2) is 0 Å². The first-order chi connectivity index (χ1) is 11.5. The molecule has 2 heterocycles. The maximum Gasteiger partial charge on any atom is 0.226 e. The fourth-order valence-corrected chi connectivity index (χ4v) is 4.24. The molecule has 0 radical (unpaired) electrons. The molecule has 0 aromatic carbocycles. The molecule has 2 unspecified atom stereocenters. The van der Waals surface area contributed by atoms with E-state index in [1.54, 1.807) is 11.1 Å². The third-order valence-corrected chi connectivity index (χ3v) is 5.43. The van der Waals surface area contributed by atoms with Crippen molar-refractivity contribution in [1.29, 1.82) is 0 Å². The van der Waals surface area contributed by atoms with Gasteiger partial charge in [0.1, 0.15) is 0 Å². The highest BCUT2D eigenvalue weighted by molar-refractivity contribution is 5.81. The summed E-state index contributed by atoms with van der Waals surface area (Å²) in [6.07, 6.45) is 3.87. The van der Waals surface area contributed by atoms with Gasteiger partial charge in [0.2, 0.25) is 11.8 Å². The van der Waals surface area contributed by atoms with Crippen molar-refractivity contribution in [2.45, 2.75) is 33.2 Å². The van der Waals surface area contributed by atoms with Gasteiger partial charge in [0.25, 0.3) is 0 Å². The maximum absolute atomic E-state index is 13.0. The van der Waals surface area contributed by atoms with E-state index in [1.807, 2.05) is 44.0 Å². The van der Waals surface area contributed by atoms with Gasteiger partial charge in [0, 0.05) is 38.2 Å². The van der Waals surface area contributed by atoms with Gasteiger partial charge in [0.15, 0.2) is 0 Å². The molecule has 1 saturated heterocycles. The zero-order chi connectivity index (χ0) is 17.3. The number of likely N-dealkylation sites (tertiary alicyclic amines) is 1. The average molecular weight is 329 g/mol. The molecule has 1 aliphatic heterocycles. The second-order valence-corrected chi connectivity index (χ2v) is 7.54. The topological polar surface area (TPSA) is 53.5 Å². The standard InChI is InChI=1S/C19H27N3O2/c1-13(2)18(23)22-10-14-7-8-15(11-22)17(14)19(24)21(3)12-16-6-4-5-9-20-16/h4-6,9,13-15,17H,7-8,10-12H2,1-3H3. The quantitative estimate of drug-likeness (QED) is 0.851. The summed E-state index contributed by atoms with van der Waals surface area (Å²) >= 11 is 0. The Hall–Kier alpha value is -1.91. The van der Waals surface area contributed by atoms with Crippen molar-refractivity contribution in [3.05, 3.63) is 30.1 Å². The summed E-state index contributed by atoms with van der Waals surface area (Å²) in [5, 5.41) is 0. The lowest BCUT2D eigenvalue weighted by molar-refractivity contribution is -0.145. The van der Waals surface area contributed by atoms with Crippen LogP contribution in [0.4, 0.5) is 0 Å². The van der Waals surface area contributed by atoms with Crippen LogP contribution in [0.25, 0.3) is 0 Å². The van der Waals surface area contributed by atoms with E-state index in [0.717, 1.165) is 31.6 Å². The molecule has 24 heavy (non-hydrogen) atoms. The normalized spacial score (nSPS) is 25.8. The number of amides is 2. The summed E-state index contributed by atoms with van der Waals surface area (Å²) in [6, 6.07) is 5.77. The molecule has 2 atom stereocenters. The van der Waals surface area contributed by atoms with Crippen LogP contribution < -0.4 is 0 Å². The van der Waals surface area contributed by atoms with Crippen LogP contribution in [-0.4, -0.2) is 46.7 Å². The van der Waals surface area contributed by atoms with Crippen molar-refractivity contribution >= 4 is 11.8 Å². The van der Waals surface area contributed by atoms with Crippen molar-refractivity contribution in [1.82, 2.24) is 14.8 Å². The zero-order valence-corrected chi connectivity index (χ0v) is 14.8. The van der Waals surface area contributed by atoms with Gasteiger partial charge in [-0.05, 0) is 36.8 Å². The molecule has 2 bridgehead atoms. The number of hydrogen-bond acceptors (Lipinski definition) is 3. The summed E-state index contributed by atoms with van der Waals surface area (Å²) in [7, 11) is 1.86. The molecule has 0 spiro atoms. The fraction of sp³-hybridized carbons (Fsp3) is 0.632. The maximum atomic E-state index is 13.0. The molecule has 5 heteroatoms. The number of nitrogens with zero attached hydrogens (tertiary/aromatic N) is 3. The van der Waals surface area contributed by atoms with Crippen LogP contribution in [-0.2, 0) is 16.1 Å². The van der Waals surface area contributed by atoms with Crippen molar-refractivity contribution < 1.29 is 9.59 Å². The molecule has 1 aliphatic carbocycles. The van der Waals surface area contributed by atoms with E-state index in [9.17, 15) is 9.59 Å². The Morgan fingerprint density at radius 2 is 1.92 bits per heavy atom. The molecular formula is C19H27N3O2. The predicted octanol–water partition coefficient (Wildman–Crippen LogP) is 2.18. The number of pyridine rings is 1. The van der Waals surface area contributed by atoms with E-state index in [4.69, 9.17) is 0 Å². The smallest absolute Gasteiger partial charge is 0.226 e. The van der Waals surface area contributed by atoms with E-state index in [2.05, 4.69) is 4.98 Å². The number of rotatable bonds is 4. The first-order valence-electron chi connectivity index (χ1n) is 8.91. The van der Waals surface area contributed by atoms with Crippen molar-refractivity contribution in [2.75, 3.05) is 20.1 Å². The molecule has 3 rings (SSSR count). The van der Waals surface area contributed by atoms with Gasteiger partial charge in [0.05, 0.1) is 12.2 Å². The Kier molecular flexibility index (Phi) is 4.88. The summed E-state index contributed by atoms with van der Waals surface area (Å²) in [4.78, 5) is 33.4. The second kappa shape index (κ2) is 6.91. The lowest BCUT2D eigenvalue weighted by Gasteiger charge is -2.39. The molecule has 2 aliphatic rings. The third-order valence-electron chi connectivity index (χ3n) is 5.43. The Balaban J connectivity index is 1.65. The van der Waals surface area contributed by atoms with Crippen LogP contribution in [0.1, 0.15) is 32.4 Å². The molecule has 1 saturated carbocycles. The highest BCUT2D eigenvalue weighted by Gasteiger charge is 2.47. The van der Waals surface area contributed by atoms with Crippen LogP contribution in [0.15, 0.2) is 24.4 Å². The SMILES string of the molecule is CC(C)C(=O)N1CC2CCC(C1)C2C(=O)N(C)Cc1ccccn1. The van der Waals surface area contributed by atoms with Crippen LogP contribution in [0.2, 0.25) is 0 Å². The largest absolute Gasteiger partial charge is 0.342 e. The van der Waals surface area contributed by atoms with E-state index in [1.165, 1.54) is 0 Å². The predicted molar refractivity (Wildman–Crippen MR) is 91.8 cm³/mol. The summed E-state index contributed by atoms with van der Waals surface area (Å²) in [6.45, 7) is 5.91. The molecule has 130 valence electrons. The summed E-state index contributed by atoms with van der Waals surface area (Å²) in [5.74, 6) is 1.15. The Labute approximate surface area is 144 Å². The van der Waals surface area contributed by atoms with E-state index in [-0.39, 0.29) is 23.7 Å². The molecule has 1 aromatic heterocycles. The van der Waals surface area contributed by atoms with Crippen LogP contribution in [0.3, 0.4) is 0 Å². The van der Waals surface area contributed by atoms with Crippen molar-refractivity contribution in [3.63, 3.8) is 0 Å². The lowest BCUT2D eigenvalue weighted by Crippen LogP contribution is -2.50. The monoisotopic (exact) mass is 329 g/mol. The van der Waals surface area contributed by atoms with Crippen molar-refractivity contribution in [2.24, 2.45) is 23.7 Å². The minimum Gasteiger partial charge on any atom is -0.342 e. The van der Waals surface area contributed by atoms with Gasteiger partial charge in [-0.3, -0.25) is 14.6 Å². The van der Waals surface area contributed by atoms with Crippen molar-refractivity contribution in [3.8, 4) is 0 Å². The van der Waals surface area contributed by atoms with Gasteiger partial charge >= 0.3 is 0 Å². The third kappa shape index (κ3) is 3.30. The number of aromatic nitrogens is 1. The molecular weight excluding hydrogens is 302 g/mol. The average Bonchev–Trinajstić information content (AvgIpc) is 2.83. The number of hydrogen-bond donors (Lipinski definition) is 0.